The van der Waals surface area contributed by atoms with Gasteiger partial charge in [0, 0.05) is 49.1 Å². The van der Waals surface area contributed by atoms with Crippen molar-refractivity contribution in [3.8, 4) is 0 Å². The van der Waals surface area contributed by atoms with Crippen LogP contribution in [0.4, 0.5) is 0 Å². The first-order valence-electron chi connectivity index (χ1n) is 7.84. The van der Waals surface area contributed by atoms with Crippen LogP contribution in [0, 0.1) is 0 Å². The topological polar surface area (TPSA) is 28.2 Å². The summed E-state index contributed by atoms with van der Waals surface area (Å²) < 4.78 is 1.15. The highest BCUT2D eigenvalue weighted by Gasteiger charge is 2.25. The molecule has 1 aromatic carbocycles. The van der Waals surface area contributed by atoms with E-state index in [2.05, 4.69) is 68.4 Å². The molecule has 2 aromatic rings. The Morgan fingerprint density at radius 3 is 3.05 bits per heavy atom. The lowest BCUT2D eigenvalue weighted by Crippen LogP contribution is -2.47. The van der Waals surface area contributed by atoms with Gasteiger partial charge < -0.3 is 5.32 Å². The highest BCUT2D eigenvalue weighted by molar-refractivity contribution is 9.10. The highest BCUT2D eigenvalue weighted by Crippen LogP contribution is 2.26. The van der Waals surface area contributed by atoms with Gasteiger partial charge in [-0.1, -0.05) is 41.1 Å². The van der Waals surface area contributed by atoms with E-state index in [0.717, 1.165) is 30.7 Å². The Labute approximate surface area is 140 Å². The Morgan fingerprint density at radius 2 is 2.27 bits per heavy atom. The predicted octanol–water partition coefficient (Wildman–Crippen LogP) is 3.59. The van der Waals surface area contributed by atoms with Gasteiger partial charge in [0.15, 0.2) is 0 Å². The summed E-state index contributed by atoms with van der Waals surface area (Å²) in [6.07, 6.45) is 3.84. The van der Waals surface area contributed by atoms with E-state index in [1.807, 2.05) is 18.5 Å². The lowest BCUT2D eigenvalue weighted by Gasteiger charge is -2.38. The molecule has 2 heterocycles. The van der Waals surface area contributed by atoms with E-state index in [1.165, 1.54) is 11.1 Å². The Bertz CT molecular complexity index is 602. The molecule has 116 valence electrons. The molecule has 1 aromatic heterocycles. The molecule has 1 aliphatic heterocycles. The summed E-state index contributed by atoms with van der Waals surface area (Å²) in [6.45, 7) is 6.51. The summed E-state index contributed by atoms with van der Waals surface area (Å²) in [5.41, 5.74) is 2.69. The van der Waals surface area contributed by atoms with Crippen LogP contribution in [0.3, 0.4) is 0 Å². The van der Waals surface area contributed by atoms with Crippen LogP contribution in [0.25, 0.3) is 0 Å². The van der Waals surface area contributed by atoms with Gasteiger partial charge in [-0.2, -0.15) is 0 Å². The fourth-order valence-corrected chi connectivity index (χ4v) is 3.55. The molecule has 2 unspecified atom stereocenters. The summed E-state index contributed by atoms with van der Waals surface area (Å²) in [4.78, 5) is 6.87. The Hall–Kier alpha value is -1.23. The first kappa shape index (κ1) is 15.7. The number of hydrogen-bond acceptors (Lipinski definition) is 3. The fourth-order valence-electron chi connectivity index (χ4n) is 3.14. The van der Waals surface area contributed by atoms with Crippen LogP contribution >= 0.6 is 15.9 Å². The molecule has 0 amide bonds. The van der Waals surface area contributed by atoms with Gasteiger partial charge in [0.1, 0.15) is 0 Å². The van der Waals surface area contributed by atoms with Gasteiger partial charge >= 0.3 is 0 Å². The first-order chi connectivity index (χ1) is 10.7. The van der Waals surface area contributed by atoms with Crippen LogP contribution in [-0.4, -0.2) is 36.1 Å². The summed E-state index contributed by atoms with van der Waals surface area (Å²) in [5, 5.41) is 3.51. The monoisotopic (exact) mass is 359 g/mol. The summed E-state index contributed by atoms with van der Waals surface area (Å²) in [6, 6.07) is 13.3. The number of rotatable bonds is 4. The van der Waals surface area contributed by atoms with E-state index in [9.17, 15) is 0 Å². The van der Waals surface area contributed by atoms with Crippen LogP contribution in [0.5, 0.6) is 0 Å². The van der Waals surface area contributed by atoms with Crippen LogP contribution in [0.15, 0.2) is 53.3 Å². The van der Waals surface area contributed by atoms with E-state index in [-0.39, 0.29) is 0 Å². The van der Waals surface area contributed by atoms with E-state index in [4.69, 9.17) is 0 Å². The van der Waals surface area contributed by atoms with Gasteiger partial charge in [0.05, 0.1) is 0 Å². The van der Waals surface area contributed by atoms with Gasteiger partial charge in [0.25, 0.3) is 0 Å². The molecule has 3 rings (SSSR count). The Kier molecular flexibility index (Phi) is 5.24. The highest BCUT2D eigenvalue weighted by atomic mass is 79.9. The summed E-state index contributed by atoms with van der Waals surface area (Å²) in [7, 11) is 0. The molecule has 4 heteroatoms. The number of nitrogens with zero attached hydrogens (tertiary/aromatic N) is 2. The number of halogens is 1. The molecular weight excluding hydrogens is 338 g/mol. The van der Waals surface area contributed by atoms with E-state index >= 15 is 0 Å². The van der Waals surface area contributed by atoms with Crippen molar-refractivity contribution in [3.63, 3.8) is 0 Å². The molecule has 1 saturated heterocycles. The second kappa shape index (κ2) is 7.36. The summed E-state index contributed by atoms with van der Waals surface area (Å²) >= 11 is 3.57. The van der Waals surface area contributed by atoms with E-state index in [0.29, 0.717) is 12.0 Å². The van der Waals surface area contributed by atoms with Crippen molar-refractivity contribution >= 4 is 15.9 Å². The van der Waals surface area contributed by atoms with Crippen molar-refractivity contribution in [1.29, 1.82) is 0 Å². The molecular formula is C18H22BrN3. The van der Waals surface area contributed by atoms with Crippen molar-refractivity contribution < 1.29 is 0 Å². The SMILES string of the molecule is CC(CN1CCNCC1c1cccnc1)c1cccc(Br)c1. The standard InChI is InChI=1S/C18H22BrN3/c1-14(15-4-2-6-17(19)10-15)13-22-9-8-21-12-18(22)16-5-3-7-20-11-16/h2-7,10-11,14,18,21H,8-9,12-13H2,1H3. The molecule has 1 aliphatic rings. The lowest BCUT2D eigenvalue weighted by atomic mass is 9.98. The zero-order valence-electron chi connectivity index (χ0n) is 12.9. The van der Waals surface area contributed by atoms with Crippen LogP contribution < -0.4 is 5.32 Å². The normalized spacial score (nSPS) is 20.7. The Morgan fingerprint density at radius 1 is 1.36 bits per heavy atom. The van der Waals surface area contributed by atoms with Crippen LogP contribution in [-0.2, 0) is 0 Å². The smallest absolute Gasteiger partial charge is 0.0488 e. The molecule has 3 nitrogen and oxygen atoms in total. The number of benzene rings is 1. The fraction of sp³-hybridized carbons (Fsp3) is 0.389. The van der Waals surface area contributed by atoms with Gasteiger partial charge in [-0.05, 0) is 35.2 Å². The second-order valence-electron chi connectivity index (χ2n) is 5.96. The van der Waals surface area contributed by atoms with Gasteiger partial charge in [-0.25, -0.2) is 0 Å². The maximum atomic E-state index is 4.28. The molecule has 0 radical (unpaired) electrons. The average molecular weight is 360 g/mol. The van der Waals surface area contributed by atoms with E-state index in [1.54, 1.807) is 0 Å². The van der Waals surface area contributed by atoms with E-state index < -0.39 is 0 Å². The number of aromatic nitrogens is 1. The zero-order chi connectivity index (χ0) is 15.4. The minimum absolute atomic E-state index is 0.414. The molecule has 0 spiro atoms. The second-order valence-corrected chi connectivity index (χ2v) is 6.87. The molecule has 0 bridgehead atoms. The zero-order valence-corrected chi connectivity index (χ0v) is 14.5. The molecule has 22 heavy (non-hydrogen) atoms. The van der Waals surface area contributed by atoms with Crippen LogP contribution in [0.1, 0.15) is 30.0 Å². The minimum atomic E-state index is 0.414. The van der Waals surface area contributed by atoms with Gasteiger partial charge in [-0.15, -0.1) is 0 Å². The van der Waals surface area contributed by atoms with Gasteiger partial charge in [-0.3, -0.25) is 9.88 Å². The third-order valence-corrected chi connectivity index (χ3v) is 4.84. The lowest BCUT2D eigenvalue weighted by molar-refractivity contribution is 0.154. The van der Waals surface area contributed by atoms with Crippen molar-refractivity contribution in [2.45, 2.75) is 18.9 Å². The quantitative estimate of drug-likeness (QED) is 0.903. The van der Waals surface area contributed by atoms with Crippen molar-refractivity contribution in [3.05, 3.63) is 64.4 Å². The molecule has 2 atom stereocenters. The predicted molar refractivity (Wildman–Crippen MR) is 94.0 cm³/mol. The maximum Gasteiger partial charge on any atom is 0.0488 e. The van der Waals surface area contributed by atoms with Gasteiger partial charge in [0.2, 0.25) is 0 Å². The largest absolute Gasteiger partial charge is 0.314 e. The number of nitrogens with one attached hydrogen (secondary N) is 1. The third-order valence-electron chi connectivity index (χ3n) is 4.35. The number of hydrogen-bond donors (Lipinski definition) is 1. The summed E-state index contributed by atoms with van der Waals surface area (Å²) in [5.74, 6) is 0.509. The Balaban J connectivity index is 1.74. The van der Waals surface area contributed by atoms with Crippen LogP contribution in [0.2, 0.25) is 0 Å². The maximum absolute atomic E-state index is 4.28. The molecule has 1 fully saturated rings. The third kappa shape index (κ3) is 3.75. The minimum Gasteiger partial charge on any atom is -0.314 e. The van der Waals surface area contributed by atoms with Crippen molar-refractivity contribution in [2.24, 2.45) is 0 Å². The number of piperazine rings is 1. The first-order valence-corrected chi connectivity index (χ1v) is 8.63. The molecule has 0 saturated carbocycles. The number of pyridine rings is 1. The van der Waals surface area contributed by atoms with Crippen molar-refractivity contribution in [2.75, 3.05) is 26.2 Å². The molecule has 1 N–H and O–H groups in total. The average Bonchev–Trinajstić information content (AvgIpc) is 2.56. The van der Waals surface area contributed by atoms with Crippen molar-refractivity contribution in [1.82, 2.24) is 15.2 Å². The molecule has 0 aliphatic carbocycles.